The number of piperidine rings is 1. The Morgan fingerprint density at radius 3 is 2.57 bits per heavy atom. The van der Waals surface area contributed by atoms with Gasteiger partial charge in [0.1, 0.15) is 0 Å². The molecule has 1 unspecified atom stereocenters. The van der Waals surface area contributed by atoms with Gasteiger partial charge in [-0.05, 0) is 37.5 Å². The summed E-state index contributed by atoms with van der Waals surface area (Å²) >= 11 is 0. The molecule has 0 amide bonds. The summed E-state index contributed by atoms with van der Waals surface area (Å²) in [5.74, 6) is 0. The number of benzene rings is 1. The van der Waals surface area contributed by atoms with Crippen LogP contribution in [0.5, 0.6) is 0 Å². The average Bonchev–Trinajstić information content (AvgIpc) is 2.55. The van der Waals surface area contributed by atoms with Gasteiger partial charge in [-0.25, -0.2) is 0 Å². The van der Waals surface area contributed by atoms with Crippen LogP contribution in [0.1, 0.15) is 36.9 Å². The fourth-order valence-electron chi connectivity index (χ4n) is 2.77. The van der Waals surface area contributed by atoms with Gasteiger partial charge in [-0.3, -0.25) is 0 Å². The maximum atomic E-state index is 8.81. The highest BCUT2D eigenvalue weighted by atomic mass is 16.5. The van der Waals surface area contributed by atoms with Crippen LogP contribution in [0.15, 0.2) is 24.3 Å². The topological polar surface area (TPSA) is 48.3 Å². The normalized spacial score (nSPS) is 18.3. The van der Waals surface area contributed by atoms with Gasteiger partial charge in [0.05, 0.1) is 17.7 Å². The molecule has 1 aliphatic rings. The first-order valence-corrected chi connectivity index (χ1v) is 7.71. The lowest BCUT2D eigenvalue weighted by molar-refractivity contribution is 0.0413. The number of likely N-dealkylation sites (tertiary alicyclic amines) is 1. The molecule has 0 aliphatic carbocycles. The van der Waals surface area contributed by atoms with Crippen LogP contribution in [-0.4, -0.2) is 44.3 Å². The Morgan fingerprint density at radius 2 is 2.00 bits per heavy atom. The molecule has 0 aromatic heterocycles. The number of nitrogens with one attached hydrogen (secondary N) is 1. The number of ether oxygens (including phenoxy) is 1. The standard InChI is InChI=1S/C17H25N3O/c1-14(16-5-3-15(13-18)4-6-16)19-9-12-20-10-7-17(21-2)8-11-20/h3-6,14,17,19H,7-12H2,1-2H3. The number of methoxy groups -OCH3 is 1. The number of hydrogen-bond acceptors (Lipinski definition) is 4. The number of rotatable bonds is 6. The smallest absolute Gasteiger partial charge is 0.0991 e. The number of nitriles is 1. The summed E-state index contributed by atoms with van der Waals surface area (Å²) in [6.45, 7) is 6.49. The maximum Gasteiger partial charge on any atom is 0.0991 e. The summed E-state index contributed by atoms with van der Waals surface area (Å²) in [5.41, 5.74) is 1.94. The minimum absolute atomic E-state index is 0.314. The van der Waals surface area contributed by atoms with Crippen molar-refractivity contribution in [2.45, 2.75) is 31.9 Å². The Kier molecular flexibility index (Phi) is 6.19. The first-order valence-electron chi connectivity index (χ1n) is 7.71. The zero-order chi connectivity index (χ0) is 15.1. The van der Waals surface area contributed by atoms with Crippen molar-refractivity contribution in [2.75, 3.05) is 33.3 Å². The minimum atomic E-state index is 0.314. The molecule has 0 bridgehead atoms. The molecule has 1 atom stereocenters. The molecule has 0 spiro atoms. The highest BCUT2D eigenvalue weighted by molar-refractivity contribution is 5.32. The maximum absolute atomic E-state index is 8.81. The third kappa shape index (κ3) is 4.82. The fraction of sp³-hybridized carbons (Fsp3) is 0.588. The van der Waals surface area contributed by atoms with Crippen LogP contribution in [-0.2, 0) is 4.74 Å². The van der Waals surface area contributed by atoms with Crippen molar-refractivity contribution in [3.05, 3.63) is 35.4 Å². The van der Waals surface area contributed by atoms with E-state index in [0.29, 0.717) is 17.7 Å². The lowest BCUT2D eigenvalue weighted by Gasteiger charge is -2.31. The molecular weight excluding hydrogens is 262 g/mol. The molecule has 114 valence electrons. The van der Waals surface area contributed by atoms with E-state index in [1.54, 1.807) is 7.11 Å². The van der Waals surface area contributed by atoms with Gasteiger partial charge in [-0.15, -0.1) is 0 Å². The fourth-order valence-corrected chi connectivity index (χ4v) is 2.77. The lowest BCUT2D eigenvalue weighted by atomic mass is 10.1. The van der Waals surface area contributed by atoms with Crippen LogP contribution in [0.4, 0.5) is 0 Å². The van der Waals surface area contributed by atoms with Gasteiger partial charge in [0.15, 0.2) is 0 Å². The van der Waals surface area contributed by atoms with E-state index in [0.717, 1.165) is 39.0 Å². The Hall–Kier alpha value is -1.41. The van der Waals surface area contributed by atoms with E-state index in [4.69, 9.17) is 10.00 Å². The second-order valence-electron chi connectivity index (χ2n) is 5.69. The van der Waals surface area contributed by atoms with E-state index < -0.39 is 0 Å². The van der Waals surface area contributed by atoms with Crippen molar-refractivity contribution in [1.82, 2.24) is 10.2 Å². The lowest BCUT2D eigenvalue weighted by Crippen LogP contribution is -2.40. The van der Waals surface area contributed by atoms with Crippen LogP contribution in [0.25, 0.3) is 0 Å². The van der Waals surface area contributed by atoms with E-state index in [2.05, 4.69) is 23.2 Å². The molecule has 1 fully saturated rings. The van der Waals surface area contributed by atoms with E-state index in [9.17, 15) is 0 Å². The highest BCUT2D eigenvalue weighted by Crippen LogP contribution is 2.14. The molecule has 1 aliphatic heterocycles. The third-order valence-corrected chi connectivity index (χ3v) is 4.29. The summed E-state index contributed by atoms with van der Waals surface area (Å²) in [6, 6.07) is 10.3. The molecule has 1 aromatic rings. The largest absolute Gasteiger partial charge is 0.381 e. The highest BCUT2D eigenvalue weighted by Gasteiger charge is 2.18. The zero-order valence-corrected chi connectivity index (χ0v) is 13.0. The molecule has 4 nitrogen and oxygen atoms in total. The van der Waals surface area contributed by atoms with Crippen molar-refractivity contribution >= 4 is 0 Å². The van der Waals surface area contributed by atoms with Crippen molar-refractivity contribution in [1.29, 1.82) is 5.26 Å². The van der Waals surface area contributed by atoms with Crippen molar-refractivity contribution in [3.63, 3.8) is 0 Å². The predicted octanol–water partition coefficient (Wildman–Crippen LogP) is 2.32. The van der Waals surface area contributed by atoms with Crippen LogP contribution >= 0.6 is 0 Å². The van der Waals surface area contributed by atoms with Gasteiger partial charge in [-0.2, -0.15) is 5.26 Å². The summed E-state index contributed by atoms with van der Waals surface area (Å²) in [4.78, 5) is 2.49. The molecule has 0 saturated carbocycles. The number of hydrogen-bond donors (Lipinski definition) is 1. The van der Waals surface area contributed by atoms with Crippen LogP contribution in [0.3, 0.4) is 0 Å². The van der Waals surface area contributed by atoms with Crippen LogP contribution in [0.2, 0.25) is 0 Å². The first kappa shape index (κ1) is 16.0. The molecular formula is C17H25N3O. The minimum Gasteiger partial charge on any atom is -0.381 e. The Balaban J connectivity index is 1.69. The second kappa shape index (κ2) is 8.14. The van der Waals surface area contributed by atoms with E-state index in [1.807, 2.05) is 24.3 Å². The van der Waals surface area contributed by atoms with Crippen molar-refractivity contribution in [3.8, 4) is 6.07 Å². The quantitative estimate of drug-likeness (QED) is 0.872. The summed E-state index contributed by atoms with van der Waals surface area (Å²) < 4.78 is 5.39. The summed E-state index contributed by atoms with van der Waals surface area (Å²) in [6.07, 6.45) is 2.73. The molecule has 2 rings (SSSR count). The molecule has 21 heavy (non-hydrogen) atoms. The molecule has 1 heterocycles. The molecule has 1 saturated heterocycles. The van der Waals surface area contributed by atoms with Crippen LogP contribution in [0, 0.1) is 11.3 Å². The monoisotopic (exact) mass is 287 g/mol. The van der Waals surface area contributed by atoms with E-state index in [1.165, 1.54) is 5.56 Å². The first-order chi connectivity index (χ1) is 10.2. The molecule has 4 heteroatoms. The van der Waals surface area contributed by atoms with Gasteiger partial charge in [0.2, 0.25) is 0 Å². The van der Waals surface area contributed by atoms with Gasteiger partial charge in [-0.1, -0.05) is 12.1 Å². The molecule has 0 radical (unpaired) electrons. The van der Waals surface area contributed by atoms with Gasteiger partial charge in [0, 0.05) is 39.3 Å². The van der Waals surface area contributed by atoms with Gasteiger partial charge < -0.3 is 15.0 Å². The van der Waals surface area contributed by atoms with Crippen molar-refractivity contribution in [2.24, 2.45) is 0 Å². The summed E-state index contributed by atoms with van der Waals surface area (Å²) in [5, 5.41) is 12.4. The van der Waals surface area contributed by atoms with Gasteiger partial charge >= 0.3 is 0 Å². The third-order valence-electron chi connectivity index (χ3n) is 4.29. The molecule has 1 aromatic carbocycles. The SMILES string of the molecule is COC1CCN(CCNC(C)c2ccc(C#N)cc2)CC1. The van der Waals surface area contributed by atoms with Crippen LogP contribution < -0.4 is 5.32 Å². The van der Waals surface area contributed by atoms with E-state index in [-0.39, 0.29) is 0 Å². The van der Waals surface area contributed by atoms with E-state index >= 15 is 0 Å². The zero-order valence-electron chi connectivity index (χ0n) is 13.0. The Bertz CT molecular complexity index is 458. The predicted molar refractivity (Wildman–Crippen MR) is 84.0 cm³/mol. The van der Waals surface area contributed by atoms with Gasteiger partial charge in [0.25, 0.3) is 0 Å². The Morgan fingerprint density at radius 1 is 1.33 bits per heavy atom. The molecule has 1 N–H and O–H groups in total. The van der Waals surface area contributed by atoms with Crippen molar-refractivity contribution < 1.29 is 4.74 Å². The Labute approximate surface area is 127 Å². The number of nitrogens with zero attached hydrogens (tertiary/aromatic N) is 2. The second-order valence-corrected chi connectivity index (χ2v) is 5.69. The average molecular weight is 287 g/mol. The summed E-state index contributed by atoms with van der Waals surface area (Å²) in [7, 11) is 1.81.